The number of aliphatic hydroxyl groups excluding tert-OH is 1. The smallest absolute Gasteiger partial charge is 0.0635 e. The summed E-state index contributed by atoms with van der Waals surface area (Å²) in [6, 6.07) is 0. The van der Waals surface area contributed by atoms with Crippen LogP contribution in [-0.2, 0) is 0 Å². The highest BCUT2D eigenvalue weighted by Gasteiger charge is 2.38. The first kappa shape index (κ1) is 9.22. The minimum absolute atomic E-state index is 0.0168. The van der Waals surface area contributed by atoms with E-state index in [4.69, 9.17) is 0 Å². The molecule has 0 unspecified atom stereocenters. The van der Waals surface area contributed by atoms with Gasteiger partial charge in [-0.3, -0.25) is 0 Å². The summed E-state index contributed by atoms with van der Waals surface area (Å²) in [6.45, 7) is 0. The van der Waals surface area contributed by atoms with Gasteiger partial charge in [0.15, 0.2) is 0 Å². The van der Waals surface area contributed by atoms with Crippen LogP contribution in [0.15, 0.2) is 0 Å². The van der Waals surface area contributed by atoms with Gasteiger partial charge in [0.05, 0.1) is 10.2 Å². The lowest BCUT2D eigenvalue weighted by molar-refractivity contribution is 0.151. The summed E-state index contributed by atoms with van der Waals surface area (Å²) in [5.41, 5.74) is 0. The number of hydrogen-bond donors (Lipinski definition) is 1. The largest absolute Gasteiger partial charge is 0.393 e. The normalized spacial score (nSPS) is 43.2. The van der Waals surface area contributed by atoms with Crippen LogP contribution in [-0.4, -0.2) is 26.8 Å². The predicted octanol–water partition coefficient (Wildman–Crippen LogP) is 2.49. The van der Waals surface area contributed by atoms with E-state index in [-0.39, 0.29) is 6.10 Å². The highest BCUT2D eigenvalue weighted by Crippen LogP contribution is 2.51. The van der Waals surface area contributed by atoms with E-state index in [2.05, 4.69) is 23.5 Å². The second kappa shape index (κ2) is 3.81. The molecule has 2 atom stereocenters. The quantitative estimate of drug-likeness (QED) is 0.654. The molecule has 3 heteroatoms. The summed E-state index contributed by atoms with van der Waals surface area (Å²) in [5.74, 6) is 2.47. The molecule has 0 bridgehead atoms. The summed E-state index contributed by atoms with van der Waals surface area (Å²) in [5, 5.41) is 9.60. The molecule has 1 N–H and O–H groups in total. The zero-order valence-electron chi connectivity index (χ0n) is 7.29. The highest BCUT2D eigenvalue weighted by atomic mass is 32.2. The summed E-state index contributed by atoms with van der Waals surface area (Å²) in [6.07, 6.45) is 6.08. The van der Waals surface area contributed by atoms with Gasteiger partial charge < -0.3 is 5.11 Å². The summed E-state index contributed by atoms with van der Waals surface area (Å²) >= 11 is 4.19. The van der Waals surface area contributed by atoms with E-state index in [1.807, 2.05) is 0 Å². The van der Waals surface area contributed by atoms with Crippen molar-refractivity contribution in [3.63, 3.8) is 0 Å². The fourth-order valence-corrected chi connectivity index (χ4v) is 5.52. The average molecular weight is 204 g/mol. The third-order valence-electron chi connectivity index (χ3n) is 2.68. The molecular formula is C9H16OS2. The Kier molecular flexibility index (Phi) is 2.93. The predicted molar refractivity (Wildman–Crippen MR) is 56.7 cm³/mol. The van der Waals surface area contributed by atoms with Gasteiger partial charge in [0.25, 0.3) is 0 Å². The minimum atomic E-state index is -0.0168. The monoisotopic (exact) mass is 204 g/mol. The van der Waals surface area contributed by atoms with E-state index >= 15 is 0 Å². The van der Waals surface area contributed by atoms with Crippen LogP contribution in [0.4, 0.5) is 0 Å². The first-order valence-electron chi connectivity index (χ1n) is 4.77. The van der Waals surface area contributed by atoms with Crippen molar-refractivity contribution in [1.29, 1.82) is 0 Å². The van der Waals surface area contributed by atoms with Crippen molar-refractivity contribution < 1.29 is 5.11 Å². The molecule has 12 heavy (non-hydrogen) atoms. The molecule has 70 valence electrons. The van der Waals surface area contributed by atoms with Crippen LogP contribution in [0.2, 0.25) is 0 Å². The molecule has 2 saturated heterocycles. The third-order valence-corrected chi connectivity index (χ3v) is 6.11. The van der Waals surface area contributed by atoms with Crippen molar-refractivity contribution in [3.05, 3.63) is 0 Å². The zero-order chi connectivity index (χ0) is 8.44. The van der Waals surface area contributed by atoms with Crippen LogP contribution in [0.25, 0.3) is 0 Å². The lowest BCUT2D eigenvalue weighted by Gasteiger charge is -2.40. The fraction of sp³-hybridized carbons (Fsp3) is 1.00. The van der Waals surface area contributed by atoms with Crippen LogP contribution in [0.3, 0.4) is 0 Å². The summed E-state index contributed by atoms with van der Waals surface area (Å²) in [4.78, 5) is 0. The first-order valence-corrected chi connectivity index (χ1v) is 6.74. The molecule has 0 saturated carbocycles. The Morgan fingerprint density at radius 3 is 2.67 bits per heavy atom. The van der Waals surface area contributed by atoms with E-state index in [1.54, 1.807) is 0 Å². The second-order valence-electron chi connectivity index (χ2n) is 3.71. The van der Waals surface area contributed by atoms with Gasteiger partial charge in [0.1, 0.15) is 0 Å². The van der Waals surface area contributed by atoms with Gasteiger partial charge in [-0.15, -0.1) is 23.5 Å². The molecule has 0 aromatic heterocycles. The lowest BCUT2D eigenvalue weighted by atomic mass is 10.1. The Hall–Kier alpha value is 0.660. The van der Waals surface area contributed by atoms with Crippen LogP contribution in [0, 0.1) is 0 Å². The Labute approximate surface area is 82.7 Å². The molecule has 0 amide bonds. The number of aliphatic hydroxyl groups is 1. The standard InChI is InChI=1S/C9H16OS2/c10-8-3-6-12-9(7-8)4-1-2-5-11-9/h8,10H,1-7H2/t8-,9-/m1/s1. The van der Waals surface area contributed by atoms with Crippen molar-refractivity contribution in [2.24, 2.45) is 0 Å². The van der Waals surface area contributed by atoms with Crippen molar-refractivity contribution in [1.82, 2.24) is 0 Å². The molecule has 1 nitrogen and oxygen atoms in total. The average Bonchev–Trinajstić information content (AvgIpc) is 2.05. The summed E-state index contributed by atoms with van der Waals surface area (Å²) in [7, 11) is 0. The van der Waals surface area contributed by atoms with Crippen molar-refractivity contribution in [2.45, 2.75) is 42.3 Å². The van der Waals surface area contributed by atoms with Gasteiger partial charge in [-0.2, -0.15) is 0 Å². The van der Waals surface area contributed by atoms with Crippen molar-refractivity contribution >= 4 is 23.5 Å². The first-order chi connectivity index (χ1) is 5.81. The van der Waals surface area contributed by atoms with E-state index in [1.165, 1.54) is 25.0 Å². The Morgan fingerprint density at radius 1 is 1.17 bits per heavy atom. The maximum atomic E-state index is 9.60. The Morgan fingerprint density at radius 2 is 2.00 bits per heavy atom. The third kappa shape index (κ3) is 1.94. The van der Waals surface area contributed by atoms with Gasteiger partial charge in [-0.05, 0) is 37.2 Å². The molecule has 2 heterocycles. The molecule has 2 aliphatic rings. The fourth-order valence-electron chi connectivity index (χ4n) is 2.00. The van der Waals surface area contributed by atoms with Crippen LogP contribution >= 0.6 is 23.5 Å². The molecule has 0 aromatic carbocycles. The zero-order valence-corrected chi connectivity index (χ0v) is 8.92. The molecule has 0 radical (unpaired) electrons. The summed E-state index contributed by atoms with van der Waals surface area (Å²) < 4.78 is 0.413. The maximum absolute atomic E-state index is 9.60. The van der Waals surface area contributed by atoms with Crippen LogP contribution < -0.4 is 0 Å². The second-order valence-corrected chi connectivity index (χ2v) is 6.93. The number of rotatable bonds is 0. The Balaban J connectivity index is 1.97. The molecular weight excluding hydrogens is 188 g/mol. The van der Waals surface area contributed by atoms with E-state index in [0.29, 0.717) is 4.08 Å². The molecule has 1 spiro atoms. The number of hydrogen-bond acceptors (Lipinski definition) is 3. The number of thioether (sulfide) groups is 2. The van der Waals surface area contributed by atoms with E-state index in [9.17, 15) is 5.11 Å². The van der Waals surface area contributed by atoms with Crippen molar-refractivity contribution in [3.8, 4) is 0 Å². The molecule has 2 rings (SSSR count). The van der Waals surface area contributed by atoms with Crippen molar-refractivity contribution in [2.75, 3.05) is 11.5 Å². The molecule has 0 aromatic rings. The molecule has 2 aliphatic heterocycles. The van der Waals surface area contributed by atoms with Gasteiger partial charge >= 0.3 is 0 Å². The molecule has 2 fully saturated rings. The van der Waals surface area contributed by atoms with Gasteiger partial charge in [-0.1, -0.05) is 6.42 Å². The minimum Gasteiger partial charge on any atom is -0.393 e. The van der Waals surface area contributed by atoms with E-state index in [0.717, 1.165) is 18.6 Å². The highest BCUT2D eigenvalue weighted by molar-refractivity contribution is 8.18. The van der Waals surface area contributed by atoms with Gasteiger partial charge in [0, 0.05) is 0 Å². The van der Waals surface area contributed by atoms with Gasteiger partial charge in [0.2, 0.25) is 0 Å². The van der Waals surface area contributed by atoms with E-state index < -0.39 is 0 Å². The Bertz CT molecular complexity index is 149. The SMILES string of the molecule is O[C@@H]1CCS[C@]2(CCCCS2)C1. The van der Waals surface area contributed by atoms with Gasteiger partial charge in [-0.25, -0.2) is 0 Å². The van der Waals surface area contributed by atoms with Crippen LogP contribution in [0.1, 0.15) is 32.1 Å². The topological polar surface area (TPSA) is 20.2 Å². The van der Waals surface area contributed by atoms with Crippen LogP contribution in [0.5, 0.6) is 0 Å². The maximum Gasteiger partial charge on any atom is 0.0635 e. The lowest BCUT2D eigenvalue weighted by Crippen LogP contribution is -2.34. The molecule has 0 aliphatic carbocycles.